The van der Waals surface area contributed by atoms with E-state index < -0.39 is 0 Å². The first-order valence-electron chi connectivity index (χ1n) is 9.50. The van der Waals surface area contributed by atoms with Gasteiger partial charge in [-0.2, -0.15) is 0 Å². The molecule has 3 rings (SSSR count). The Morgan fingerprint density at radius 2 is 1.78 bits per heavy atom. The molecule has 1 aliphatic carbocycles. The van der Waals surface area contributed by atoms with Gasteiger partial charge in [0.2, 0.25) is 0 Å². The van der Waals surface area contributed by atoms with Crippen molar-refractivity contribution in [1.82, 2.24) is 4.90 Å². The van der Waals surface area contributed by atoms with Crippen molar-refractivity contribution >= 4 is 0 Å². The minimum Gasteiger partial charge on any atom is -0.377 e. The highest BCUT2D eigenvalue weighted by Crippen LogP contribution is 2.53. The van der Waals surface area contributed by atoms with Crippen molar-refractivity contribution in [3.63, 3.8) is 0 Å². The maximum atomic E-state index is 5.89. The Bertz CT molecular complexity index is 464. The first-order chi connectivity index (χ1) is 11.2. The van der Waals surface area contributed by atoms with Gasteiger partial charge in [0.05, 0.1) is 6.61 Å². The van der Waals surface area contributed by atoms with Crippen molar-refractivity contribution in [2.45, 2.75) is 52.6 Å². The smallest absolute Gasteiger partial charge is 0.0716 e. The molecule has 0 amide bonds. The number of ether oxygens (including phenoxy) is 1. The van der Waals surface area contributed by atoms with Crippen LogP contribution in [-0.2, 0) is 11.3 Å². The van der Waals surface area contributed by atoms with Crippen LogP contribution in [0.25, 0.3) is 0 Å². The molecule has 1 saturated carbocycles. The van der Waals surface area contributed by atoms with Gasteiger partial charge in [0, 0.05) is 13.2 Å². The van der Waals surface area contributed by atoms with Gasteiger partial charge in [0.25, 0.3) is 0 Å². The molecule has 1 heterocycles. The third-order valence-corrected chi connectivity index (χ3v) is 6.32. The van der Waals surface area contributed by atoms with E-state index in [0.717, 1.165) is 25.0 Å². The van der Waals surface area contributed by atoms with Gasteiger partial charge >= 0.3 is 0 Å². The second-order valence-electron chi connectivity index (χ2n) is 8.14. The Morgan fingerprint density at radius 3 is 2.48 bits per heavy atom. The Labute approximate surface area is 142 Å². The number of benzene rings is 1. The van der Waals surface area contributed by atoms with Gasteiger partial charge in [0.1, 0.15) is 0 Å². The lowest BCUT2D eigenvalue weighted by atomic mass is 9.53. The lowest BCUT2D eigenvalue weighted by molar-refractivity contribution is -0.0590. The molecule has 0 N–H and O–H groups in total. The minimum absolute atomic E-state index is 0.494. The highest BCUT2D eigenvalue weighted by Gasteiger charge is 2.47. The summed E-state index contributed by atoms with van der Waals surface area (Å²) >= 11 is 0. The molecule has 0 unspecified atom stereocenters. The van der Waals surface area contributed by atoms with Crippen LogP contribution in [0.5, 0.6) is 0 Å². The lowest BCUT2D eigenvalue weighted by Gasteiger charge is -2.54. The van der Waals surface area contributed by atoms with Crippen LogP contribution in [0.1, 0.15) is 51.5 Å². The molecule has 0 radical (unpaired) electrons. The van der Waals surface area contributed by atoms with E-state index in [9.17, 15) is 0 Å². The first kappa shape index (κ1) is 17.0. The molecule has 2 fully saturated rings. The van der Waals surface area contributed by atoms with Crippen LogP contribution in [0.15, 0.2) is 30.3 Å². The number of hydrogen-bond acceptors (Lipinski definition) is 2. The summed E-state index contributed by atoms with van der Waals surface area (Å²) in [7, 11) is 0. The predicted molar refractivity (Wildman–Crippen MR) is 96.4 cm³/mol. The van der Waals surface area contributed by atoms with Crippen LogP contribution >= 0.6 is 0 Å². The molecule has 1 aliphatic heterocycles. The monoisotopic (exact) mass is 315 g/mol. The molecule has 128 valence electrons. The highest BCUT2D eigenvalue weighted by atomic mass is 16.5. The van der Waals surface area contributed by atoms with Crippen LogP contribution in [0.2, 0.25) is 0 Å². The van der Waals surface area contributed by atoms with Gasteiger partial charge < -0.3 is 9.64 Å². The lowest BCUT2D eigenvalue weighted by Crippen LogP contribution is -2.51. The average molecular weight is 316 g/mol. The van der Waals surface area contributed by atoms with Crippen LogP contribution < -0.4 is 0 Å². The molecule has 1 aromatic carbocycles. The Balaban J connectivity index is 1.35. The van der Waals surface area contributed by atoms with E-state index in [1.807, 2.05) is 0 Å². The second-order valence-corrected chi connectivity index (χ2v) is 8.14. The average Bonchev–Trinajstić information content (AvgIpc) is 2.58. The fourth-order valence-corrected chi connectivity index (χ4v) is 4.37. The zero-order chi connectivity index (χ0) is 16.1. The Kier molecular flexibility index (Phi) is 5.76. The first-order valence-corrected chi connectivity index (χ1v) is 9.50. The van der Waals surface area contributed by atoms with Gasteiger partial charge in [-0.05, 0) is 61.6 Å². The van der Waals surface area contributed by atoms with Gasteiger partial charge in [-0.15, -0.1) is 0 Å². The molecule has 0 bridgehead atoms. The molecule has 2 nitrogen and oxygen atoms in total. The van der Waals surface area contributed by atoms with Crippen LogP contribution in [0.4, 0.5) is 0 Å². The largest absolute Gasteiger partial charge is 0.377 e. The molecular formula is C21H33NO. The predicted octanol–water partition coefficient (Wildman–Crippen LogP) is 4.74. The molecule has 2 heteroatoms. The number of nitrogens with zero attached hydrogens (tertiary/aromatic N) is 1. The molecule has 2 aliphatic rings. The van der Waals surface area contributed by atoms with E-state index >= 15 is 0 Å². The number of likely N-dealkylation sites (tertiary alicyclic amines) is 1. The van der Waals surface area contributed by atoms with Crippen molar-refractivity contribution in [3.8, 4) is 0 Å². The highest BCUT2D eigenvalue weighted by molar-refractivity contribution is 5.13. The summed E-state index contributed by atoms with van der Waals surface area (Å²) in [6.45, 7) is 10.6. The molecule has 1 saturated heterocycles. The summed E-state index contributed by atoms with van der Waals surface area (Å²) in [5.74, 6) is 1.73. The van der Waals surface area contributed by atoms with Gasteiger partial charge in [-0.3, -0.25) is 0 Å². The fraction of sp³-hybridized carbons (Fsp3) is 0.714. The molecular weight excluding hydrogens is 282 g/mol. The topological polar surface area (TPSA) is 12.5 Å². The van der Waals surface area contributed by atoms with E-state index in [1.165, 1.54) is 57.3 Å². The maximum absolute atomic E-state index is 5.89. The number of hydrogen-bond donors (Lipinski definition) is 0. The van der Waals surface area contributed by atoms with Crippen molar-refractivity contribution in [3.05, 3.63) is 35.9 Å². The minimum atomic E-state index is 0.494. The molecule has 2 atom stereocenters. The van der Waals surface area contributed by atoms with Gasteiger partial charge in [-0.1, -0.05) is 50.6 Å². The summed E-state index contributed by atoms with van der Waals surface area (Å²) in [5, 5.41) is 0. The number of rotatable bonds is 7. The maximum Gasteiger partial charge on any atom is 0.0716 e. The quantitative estimate of drug-likeness (QED) is 0.674. The molecule has 0 spiro atoms. The molecule has 23 heavy (non-hydrogen) atoms. The summed E-state index contributed by atoms with van der Waals surface area (Å²) in [6.07, 6.45) is 6.87. The van der Waals surface area contributed by atoms with Crippen LogP contribution in [0.3, 0.4) is 0 Å². The molecule has 0 aromatic heterocycles. The zero-order valence-corrected chi connectivity index (χ0v) is 15.0. The summed E-state index contributed by atoms with van der Waals surface area (Å²) in [5.41, 5.74) is 1.77. The van der Waals surface area contributed by atoms with Crippen molar-refractivity contribution < 1.29 is 4.74 Å². The standard InChI is InChI=1S/C21H33NO/c1-21(2)19(11-14-23-17-18-9-5-3-6-10-18)15-20(21)16-22-12-7-4-8-13-22/h3,5-6,9-10,19-20H,4,7-8,11-17H2,1-2H3/t19-,20-/m0/s1. The summed E-state index contributed by atoms with van der Waals surface area (Å²) in [6, 6.07) is 10.5. The van der Waals surface area contributed by atoms with E-state index in [2.05, 4.69) is 49.1 Å². The third-order valence-electron chi connectivity index (χ3n) is 6.32. The van der Waals surface area contributed by atoms with Crippen molar-refractivity contribution in [1.29, 1.82) is 0 Å². The van der Waals surface area contributed by atoms with E-state index in [4.69, 9.17) is 4.74 Å². The van der Waals surface area contributed by atoms with Crippen molar-refractivity contribution in [2.24, 2.45) is 17.3 Å². The Morgan fingerprint density at radius 1 is 1.04 bits per heavy atom. The van der Waals surface area contributed by atoms with Crippen LogP contribution in [0, 0.1) is 17.3 Å². The number of piperidine rings is 1. The summed E-state index contributed by atoms with van der Waals surface area (Å²) in [4.78, 5) is 2.71. The summed E-state index contributed by atoms with van der Waals surface area (Å²) < 4.78 is 5.89. The van der Waals surface area contributed by atoms with Crippen LogP contribution in [-0.4, -0.2) is 31.1 Å². The van der Waals surface area contributed by atoms with Gasteiger partial charge in [0.15, 0.2) is 0 Å². The molecule has 1 aromatic rings. The third kappa shape index (κ3) is 4.36. The van der Waals surface area contributed by atoms with Crippen molar-refractivity contribution in [2.75, 3.05) is 26.2 Å². The SMILES string of the molecule is CC1(C)[C@@H](CCOCc2ccccc2)C[C@H]1CN1CCCCC1. The Hall–Kier alpha value is -0.860. The fourth-order valence-electron chi connectivity index (χ4n) is 4.37. The van der Waals surface area contributed by atoms with E-state index in [1.54, 1.807) is 0 Å². The normalized spacial score (nSPS) is 27.6. The van der Waals surface area contributed by atoms with E-state index in [-0.39, 0.29) is 0 Å². The van der Waals surface area contributed by atoms with Gasteiger partial charge in [-0.25, -0.2) is 0 Å². The zero-order valence-electron chi connectivity index (χ0n) is 15.0. The second kappa shape index (κ2) is 7.81. The van der Waals surface area contributed by atoms with E-state index in [0.29, 0.717) is 5.41 Å².